The zero-order valence-corrected chi connectivity index (χ0v) is 25.6. The fraction of sp³-hybridized carbons (Fsp3) is 0.889. The van der Waals surface area contributed by atoms with Gasteiger partial charge >= 0.3 is 5.97 Å². The third-order valence-electron chi connectivity index (χ3n) is 8.80. The van der Waals surface area contributed by atoms with Gasteiger partial charge in [-0.1, -0.05) is 0 Å². The first kappa shape index (κ1) is 39.1. The number of aliphatic hydroxyl groups excluding tert-OH is 11. The number of aliphatic carboxylic acids is 1. The smallest absolute Gasteiger partial charge is 0.364 e. The molecule has 0 spiro atoms. The van der Waals surface area contributed by atoms with Gasteiger partial charge < -0.3 is 100 Å². The van der Waals surface area contributed by atoms with Crippen molar-refractivity contribution >= 4 is 5.97 Å². The Bertz CT molecular complexity index is 1090. The van der Waals surface area contributed by atoms with Crippen molar-refractivity contribution in [3.8, 4) is 0 Å². The topological polar surface area (TPSA) is 350 Å². The highest BCUT2D eigenvalue weighted by atomic mass is 16.8. The SMILES string of the molecule is C[C@@H]1O[C@@H](O[C@@H]2C=CO[C@H](CO)[C@H]2O[C@@H]2O[C@H](CO)[C@H](O)[C@H](O[C@]3(C(=O)O)C[C@H](O)[C@@H](N)[C@H]([C@H](O)[C@H](O)CO)O3)[C@H]2O)[C@@H](O)[C@H](O)[C@@H]1O. The van der Waals surface area contributed by atoms with Crippen LogP contribution in [0.4, 0.5) is 0 Å². The Labute approximate surface area is 272 Å². The van der Waals surface area contributed by atoms with E-state index in [4.69, 9.17) is 38.9 Å². The Balaban J connectivity index is 1.60. The molecule has 4 aliphatic rings. The fourth-order valence-corrected chi connectivity index (χ4v) is 5.88. The molecule has 0 amide bonds. The number of carboxylic acids is 1. The van der Waals surface area contributed by atoms with Crippen molar-refractivity contribution in [2.24, 2.45) is 5.73 Å². The van der Waals surface area contributed by atoms with E-state index >= 15 is 0 Å². The summed E-state index contributed by atoms with van der Waals surface area (Å²) in [7, 11) is 0. The van der Waals surface area contributed by atoms with Gasteiger partial charge in [0.25, 0.3) is 5.79 Å². The molecule has 4 rings (SSSR count). The first-order chi connectivity index (χ1) is 22.6. The Morgan fingerprint density at radius 1 is 0.896 bits per heavy atom. The summed E-state index contributed by atoms with van der Waals surface area (Å²) in [5.41, 5.74) is 5.88. The van der Waals surface area contributed by atoms with Gasteiger partial charge in [0, 0.05) is 6.42 Å². The normalized spacial score (nSPS) is 48.0. The summed E-state index contributed by atoms with van der Waals surface area (Å²) in [6.07, 6.45) is -27.0. The van der Waals surface area contributed by atoms with Crippen LogP contribution in [0.25, 0.3) is 0 Å². The number of hydrogen-bond acceptors (Lipinski definition) is 20. The summed E-state index contributed by atoms with van der Waals surface area (Å²) in [6.45, 7) is -1.23. The molecule has 48 heavy (non-hydrogen) atoms. The van der Waals surface area contributed by atoms with Gasteiger partial charge in [0.05, 0.1) is 44.3 Å². The number of carboxylic acid groups (broad SMARTS) is 1. The van der Waals surface area contributed by atoms with Crippen molar-refractivity contribution in [3.63, 3.8) is 0 Å². The second kappa shape index (κ2) is 16.1. The van der Waals surface area contributed by atoms with Crippen LogP contribution in [0.1, 0.15) is 13.3 Å². The largest absolute Gasteiger partial charge is 0.493 e. The Morgan fingerprint density at radius 3 is 2.15 bits per heavy atom. The number of ether oxygens (including phenoxy) is 7. The van der Waals surface area contributed by atoms with Crippen molar-refractivity contribution in [2.75, 3.05) is 19.8 Å². The van der Waals surface area contributed by atoms with E-state index in [1.54, 1.807) is 0 Å². The molecule has 4 heterocycles. The van der Waals surface area contributed by atoms with Crippen molar-refractivity contribution in [3.05, 3.63) is 12.3 Å². The first-order valence-electron chi connectivity index (χ1n) is 15.2. The Morgan fingerprint density at radius 2 is 1.54 bits per heavy atom. The molecule has 0 aromatic rings. The molecule has 21 heteroatoms. The molecule has 4 aliphatic heterocycles. The van der Waals surface area contributed by atoms with E-state index in [1.165, 1.54) is 13.0 Å². The summed E-state index contributed by atoms with van der Waals surface area (Å²) in [6, 6.07) is -1.49. The summed E-state index contributed by atoms with van der Waals surface area (Å²) >= 11 is 0. The molecule has 3 fully saturated rings. The van der Waals surface area contributed by atoms with Gasteiger partial charge in [0.1, 0.15) is 79.4 Å². The molecule has 19 atom stereocenters. The van der Waals surface area contributed by atoms with E-state index in [9.17, 15) is 66.1 Å². The van der Waals surface area contributed by atoms with Gasteiger partial charge in [-0.05, 0) is 13.0 Å². The molecule has 0 aliphatic carbocycles. The maximum absolute atomic E-state index is 12.6. The van der Waals surface area contributed by atoms with Crippen LogP contribution in [0, 0.1) is 0 Å². The highest BCUT2D eigenvalue weighted by Gasteiger charge is 2.59. The standard InChI is InChI=1S/C27H45NO20/c1-8-15(34)18(37)19(38)24(43-8)44-11-2-3-42-13(7-31)21(11)46-25-20(39)23(17(36)12(6-30)45-25)48-27(26(40)41)4-9(32)14(28)22(47-27)16(35)10(33)5-29/h2-3,8-25,29-39H,4-7,28H2,1H3,(H,40,41)/t8-,9-,10+,11+,12+,13+,14+,15+,16+,17-,18+,19-,20+,21-,22+,23-,24-,25-,27-/m0/s1. The zero-order valence-electron chi connectivity index (χ0n) is 25.6. The summed E-state index contributed by atoms with van der Waals surface area (Å²) < 4.78 is 39.2. The van der Waals surface area contributed by atoms with Gasteiger partial charge in [-0.15, -0.1) is 0 Å². The van der Waals surface area contributed by atoms with E-state index in [2.05, 4.69) is 0 Å². The summed E-state index contributed by atoms with van der Waals surface area (Å²) in [5, 5.41) is 123. The van der Waals surface area contributed by atoms with Crippen LogP contribution in [0.2, 0.25) is 0 Å². The van der Waals surface area contributed by atoms with Crippen molar-refractivity contribution in [2.45, 2.75) is 129 Å². The molecule has 21 nitrogen and oxygen atoms in total. The van der Waals surface area contributed by atoms with Gasteiger partial charge in [0.15, 0.2) is 12.6 Å². The minimum absolute atomic E-state index is 0.715. The average Bonchev–Trinajstić information content (AvgIpc) is 3.06. The van der Waals surface area contributed by atoms with Crippen LogP contribution in [-0.4, -0.2) is 203 Å². The second-order valence-electron chi connectivity index (χ2n) is 12.1. The lowest BCUT2D eigenvalue weighted by molar-refractivity contribution is -0.379. The predicted molar refractivity (Wildman–Crippen MR) is 149 cm³/mol. The molecule has 0 aromatic heterocycles. The minimum Gasteiger partial charge on any atom is -0.493 e. The van der Waals surface area contributed by atoms with Crippen LogP contribution >= 0.6 is 0 Å². The lowest BCUT2D eigenvalue weighted by Crippen LogP contribution is -2.69. The highest BCUT2D eigenvalue weighted by molar-refractivity contribution is 5.76. The van der Waals surface area contributed by atoms with E-state index < -0.39 is 148 Å². The van der Waals surface area contributed by atoms with Crippen molar-refractivity contribution < 1.29 is 99.2 Å². The van der Waals surface area contributed by atoms with Gasteiger partial charge in [0.2, 0.25) is 0 Å². The first-order valence-corrected chi connectivity index (χ1v) is 15.2. The van der Waals surface area contributed by atoms with Gasteiger partial charge in [-0.3, -0.25) is 0 Å². The van der Waals surface area contributed by atoms with Crippen LogP contribution in [0.3, 0.4) is 0 Å². The molecule has 0 radical (unpaired) electrons. The number of aliphatic hydroxyl groups is 11. The molecular formula is C27H45NO20. The maximum atomic E-state index is 12.6. The molecule has 14 N–H and O–H groups in total. The molecule has 3 saturated heterocycles. The highest BCUT2D eigenvalue weighted by Crippen LogP contribution is 2.38. The molecular weight excluding hydrogens is 658 g/mol. The quantitative estimate of drug-likeness (QED) is 0.0897. The maximum Gasteiger partial charge on any atom is 0.364 e. The molecule has 278 valence electrons. The number of nitrogens with two attached hydrogens (primary N) is 1. The van der Waals surface area contributed by atoms with E-state index in [0.29, 0.717) is 0 Å². The number of carbonyl (C=O) groups is 1. The predicted octanol–water partition coefficient (Wildman–Crippen LogP) is -7.71. The summed E-state index contributed by atoms with van der Waals surface area (Å²) in [4.78, 5) is 12.6. The molecule has 0 aromatic carbocycles. The molecule has 0 bridgehead atoms. The monoisotopic (exact) mass is 703 g/mol. The van der Waals surface area contributed by atoms with Gasteiger partial charge in [-0.25, -0.2) is 4.79 Å². The van der Waals surface area contributed by atoms with E-state index in [-0.39, 0.29) is 0 Å². The minimum atomic E-state index is -2.95. The Kier molecular flexibility index (Phi) is 13.1. The van der Waals surface area contributed by atoms with Gasteiger partial charge in [-0.2, -0.15) is 0 Å². The molecule has 0 saturated carbocycles. The molecule has 0 unspecified atom stereocenters. The third-order valence-corrected chi connectivity index (χ3v) is 8.80. The van der Waals surface area contributed by atoms with Crippen molar-refractivity contribution in [1.29, 1.82) is 0 Å². The van der Waals surface area contributed by atoms with E-state index in [0.717, 1.165) is 6.26 Å². The fourth-order valence-electron chi connectivity index (χ4n) is 5.88. The number of hydrogen-bond donors (Lipinski definition) is 13. The third kappa shape index (κ3) is 7.78. The zero-order chi connectivity index (χ0) is 35.7. The lowest BCUT2D eigenvalue weighted by atomic mass is 9.88. The van der Waals surface area contributed by atoms with E-state index in [1.807, 2.05) is 0 Å². The Hall–Kier alpha value is -1.71. The lowest BCUT2D eigenvalue weighted by Gasteiger charge is -2.50. The average molecular weight is 704 g/mol. The van der Waals surface area contributed by atoms with Crippen LogP contribution in [0.15, 0.2) is 12.3 Å². The summed E-state index contributed by atoms with van der Waals surface area (Å²) in [5.74, 6) is -4.86. The van der Waals surface area contributed by atoms with Crippen LogP contribution < -0.4 is 5.73 Å². The van der Waals surface area contributed by atoms with Crippen molar-refractivity contribution in [1.82, 2.24) is 0 Å². The van der Waals surface area contributed by atoms with Crippen LogP contribution in [-0.2, 0) is 38.0 Å². The number of rotatable bonds is 12. The second-order valence-corrected chi connectivity index (χ2v) is 12.1. The van der Waals surface area contributed by atoms with Crippen LogP contribution in [0.5, 0.6) is 0 Å².